The first-order valence-corrected chi connectivity index (χ1v) is 11.1. The maximum absolute atomic E-state index is 11.7. The fraction of sp³-hybridized carbons (Fsp3) is 0.381. The molecular formula is C21H29N3O3S. The molecule has 0 unspecified atom stereocenters. The Morgan fingerprint density at radius 3 is 2.32 bits per heavy atom. The largest absolute Gasteiger partial charge is 0.497 e. The van der Waals surface area contributed by atoms with Crippen LogP contribution in [0.4, 0.5) is 0 Å². The van der Waals surface area contributed by atoms with Crippen LogP contribution in [-0.2, 0) is 22.8 Å². The molecule has 0 aliphatic heterocycles. The first-order chi connectivity index (χ1) is 13.3. The van der Waals surface area contributed by atoms with Crippen LogP contribution in [0.25, 0.3) is 0 Å². The van der Waals surface area contributed by atoms with Gasteiger partial charge in [0.2, 0.25) is 0 Å². The number of guanidine groups is 1. The standard InChI is InChI=1S/C21H29N3O3S/c1-16-14-18(9-12-20(16)28(4,25)26)15-24-21(22-2)23-13-5-6-17-7-10-19(27-3)11-8-17/h7-12,14H,5-6,13,15H2,1-4H3,(H2,22,23,24). The summed E-state index contributed by atoms with van der Waals surface area (Å²) in [5.74, 6) is 1.59. The molecule has 0 saturated heterocycles. The lowest BCUT2D eigenvalue weighted by molar-refractivity contribution is 0.414. The lowest BCUT2D eigenvalue weighted by Crippen LogP contribution is -2.37. The van der Waals surface area contributed by atoms with Gasteiger partial charge >= 0.3 is 0 Å². The molecule has 0 amide bonds. The normalized spacial score (nSPS) is 11.9. The average Bonchev–Trinajstić information content (AvgIpc) is 2.67. The number of hydrogen-bond donors (Lipinski definition) is 2. The van der Waals surface area contributed by atoms with Crippen LogP contribution < -0.4 is 15.4 Å². The van der Waals surface area contributed by atoms with Gasteiger partial charge in [-0.15, -0.1) is 0 Å². The van der Waals surface area contributed by atoms with Gasteiger partial charge in [0.1, 0.15) is 5.75 Å². The van der Waals surface area contributed by atoms with Crippen LogP contribution in [0.1, 0.15) is 23.1 Å². The molecule has 0 aliphatic rings. The molecule has 0 aromatic heterocycles. The van der Waals surface area contributed by atoms with Gasteiger partial charge in [0.05, 0.1) is 12.0 Å². The van der Waals surface area contributed by atoms with Crippen LogP contribution in [0, 0.1) is 6.92 Å². The number of aryl methyl sites for hydroxylation is 2. The summed E-state index contributed by atoms with van der Waals surface area (Å²) in [6.07, 6.45) is 3.18. The molecule has 0 bridgehead atoms. The Labute approximate surface area is 168 Å². The highest BCUT2D eigenvalue weighted by molar-refractivity contribution is 7.90. The molecule has 6 nitrogen and oxygen atoms in total. The number of hydrogen-bond acceptors (Lipinski definition) is 4. The molecule has 0 aliphatic carbocycles. The second-order valence-corrected chi connectivity index (χ2v) is 8.66. The summed E-state index contributed by atoms with van der Waals surface area (Å²) in [5.41, 5.74) is 3.03. The van der Waals surface area contributed by atoms with Crippen LogP contribution in [0.2, 0.25) is 0 Å². The van der Waals surface area contributed by atoms with Crippen molar-refractivity contribution in [3.8, 4) is 5.75 Å². The zero-order valence-corrected chi connectivity index (χ0v) is 17.8. The van der Waals surface area contributed by atoms with E-state index in [0.29, 0.717) is 11.4 Å². The number of sulfone groups is 1. The SMILES string of the molecule is CN=C(NCCCc1ccc(OC)cc1)NCc1ccc(S(C)(=O)=O)c(C)c1. The van der Waals surface area contributed by atoms with Gasteiger partial charge in [0.15, 0.2) is 15.8 Å². The van der Waals surface area contributed by atoms with E-state index in [1.807, 2.05) is 31.2 Å². The highest BCUT2D eigenvalue weighted by Gasteiger charge is 2.10. The van der Waals surface area contributed by atoms with Crippen LogP contribution in [0.15, 0.2) is 52.4 Å². The van der Waals surface area contributed by atoms with Crippen molar-refractivity contribution in [1.82, 2.24) is 10.6 Å². The molecule has 0 atom stereocenters. The van der Waals surface area contributed by atoms with Gasteiger partial charge in [-0.1, -0.05) is 24.3 Å². The molecule has 2 rings (SSSR count). The Bertz CT molecular complexity index is 907. The van der Waals surface area contributed by atoms with Crippen LogP contribution in [-0.4, -0.2) is 41.3 Å². The summed E-state index contributed by atoms with van der Waals surface area (Å²) in [6, 6.07) is 13.5. The molecule has 2 N–H and O–H groups in total. The number of ether oxygens (including phenoxy) is 1. The smallest absolute Gasteiger partial charge is 0.191 e. The second kappa shape index (κ2) is 10.1. The first kappa shape index (κ1) is 21.8. The summed E-state index contributed by atoms with van der Waals surface area (Å²) >= 11 is 0. The fourth-order valence-corrected chi connectivity index (χ4v) is 3.89. The van der Waals surface area contributed by atoms with Crippen molar-refractivity contribution >= 4 is 15.8 Å². The molecule has 7 heteroatoms. The van der Waals surface area contributed by atoms with Crippen molar-refractivity contribution in [2.24, 2.45) is 4.99 Å². The molecule has 0 heterocycles. The minimum atomic E-state index is -3.19. The van der Waals surface area contributed by atoms with E-state index >= 15 is 0 Å². The van der Waals surface area contributed by atoms with Gasteiger partial charge in [-0.3, -0.25) is 4.99 Å². The molecule has 28 heavy (non-hydrogen) atoms. The Hall–Kier alpha value is -2.54. The summed E-state index contributed by atoms with van der Waals surface area (Å²) in [5, 5.41) is 6.56. The quantitative estimate of drug-likeness (QED) is 0.402. The average molecular weight is 404 g/mol. The van der Waals surface area contributed by atoms with Crippen LogP contribution in [0.3, 0.4) is 0 Å². The number of nitrogens with one attached hydrogen (secondary N) is 2. The lowest BCUT2D eigenvalue weighted by Gasteiger charge is -2.13. The van der Waals surface area contributed by atoms with Gasteiger partial charge in [-0.05, 0) is 54.7 Å². The number of methoxy groups -OCH3 is 1. The molecule has 0 saturated carbocycles. The predicted molar refractivity (Wildman–Crippen MR) is 114 cm³/mol. The molecular weight excluding hydrogens is 374 g/mol. The Kier molecular flexibility index (Phi) is 7.87. The number of nitrogens with zero attached hydrogens (tertiary/aromatic N) is 1. The van der Waals surface area contributed by atoms with E-state index in [9.17, 15) is 8.42 Å². The van der Waals surface area contributed by atoms with Crippen molar-refractivity contribution < 1.29 is 13.2 Å². The van der Waals surface area contributed by atoms with E-state index in [4.69, 9.17) is 4.74 Å². The first-order valence-electron chi connectivity index (χ1n) is 9.20. The minimum Gasteiger partial charge on any atom is -0.497 e. The Morgan fingerprint density at radius 1 is 1.07 bits per heavy atom. The molecule has 0 radical (unpaired) electrons. The van der Waals surface area contributed by atoms with E-state index in [1.165, 1.54) is 11.8 Å². The van der Waals surface area contributed by atoms with Crippen LogP contribution >= 0.6 is 0 Å². The molecule has 0 fully saturated rings. The summed E-state index contributed by atoms with van der Waals surface area (Å²) in [6.45, 7) is 3.19. The molecule has 2 aromatic rings. The minimum absolute atomic E-state index is 0.372. The maximum atomic E-state index is 11.7. The molecule has 152 valence electrons. The predicted octanol–water partition coefficient (Wildman–Crippen LogP) is 2.70. The van der Waals surface area contributed by atoms with E-state index in [-0.39, 0.29) is 0 Å². The van der Waals surface area contributed by atoms with E-state index < -0.39 is 9.84 Å². The molecule has 2 aromatic carbocycles. The zero-order chi connectivity index (χ0) is 20.6. The van der Waals surface area contributed by atoms with Crippen molar-refractivity contribution in [1.29, 1.82) is 0 Å². The number of benzene rings is 2. The van der Waals surface area contributed by atoms with Crippen LogP contribution in [0.5, 0.6) is 5.75 Å². The number of aliphatic imine (C=N–C) groups is 1. The third-order valence-corrected chi connectivity index (χ3v) is 5.67. The fourth-order valence-electron chi connectivity index (χ4n) is 2.94. The summed E-state index contributed by atoms with van der Waals surface area (Å²) in [7, 11) is 0.207. The monoisotopic (exact) mass is 403 g/mol. The topological polar surface area (TPSA) is 79.8 Å². The number of rotatable bonds is 8. The van der Waals surface area contributed by atoms with Gasteiger partial charge in [-0.25, -0.2) is 8.42 Å². The van der Waals surface area contributed by atoms with Crippen molar-refractivity contribution in [3.05, 3.63) is 59.2 Å². The van der Waals surface area contributed by atoms with Gasteiger partial charge in [0.25, 0.3) is 0 Å². The Balaban J connectivity index is 1.79. The van der Waals surface area contributed by atoms with Gasteiger partial charge in [0, 0.05) is 26.4 Å². The lowest BCUT2D eigenvalue weighted by atomic mass is 10.1. The zero-order valence-electron chi connectivity index (χ0n) is 17.0. The van der Waals surface area contributed by atoms with Crippen molar-refractivity contribution in [3.63, 3.8) is 0 Å². The van der Waals surface area contributed by atoms with Crippen molar-refractivity contribution in [2.45, 2.75) is 31.2 Å². The van der Waals surface area contributed by atoms with E-state index in [0.717, 1.165) is 42.2 Å². The van der Waals surface area contributed by atoms with E-state index in [1.54, 1.807) is 20.2 Å². The Morgan fingerprint density at radius 2 is 1.75 bits per heavy atom. The summed E-state index contributed by atoms with van der Waals surface area (Å²) < 4.78 is 28.6. The highest BCUT2D eigenvalue weighted by Crippen LogP contribution is 2.16. The van der Waals surface area contributed by atoms with Gasteiger partial charge in [-0.2, -0.15) is 0 Å². The van der Waals surface area contributed by atoms with E-state index in [2.05, 4.69) is 27.8 Å². The highest BCUT2D eigenvalue weighted by atomic mass is 32.2. The van der Waals surface area contributed by atoms with Gasteiger partial charge < -0.3 is 15.4 Å². The molecule has 0 spiro atoms. The third-order valence-electron chi connectivity index (χ3n) is 4.42. The third kappa shape index (κ3) is 6.56. The van der Waals surface area contributed by atoms with Crippen molar-refractivity contribution in [2.75, 3.05) is 27.0 Å². The second-order valence-electron chi connectivity index (χ2n) is 6.68. The summed E-state index contributed by atoms with van der Waals surface area (Å²) in [4.78, 5) is 4.60. The maximum Gasteiger partial charge on any atom is 0.191 e.